The molecule has 226 valence electrons. The molecule has 1 fully saturated rings. The summed E-state index contributed by atoms with van der Waals surface area (Å²) < 4.78 is 65.5. The van der Waals surface area contributed by atoms with Crippen molar-refractivity contribution in [2.75, 3.05) is 47.8 Å². The molecule has 3 aromatic rings. The number of alkyl halides is 3. The molecule has 0 amide bonds. The lowest BCUT2D eigenvalue weighted by molar-refractivity contribution is -0.192. The highest BCUT2D eigenvalue weighted by Crippen LogP contribution is 2.29. The first kappa shape index (κ1) is 32.1. The molecule has 0 atom stereocenters. The van der Waals surface area contributed by atoms with Crippen molar-refractivity contribution in [2.45, 2.75) is 24.9 Å². The molecule has 0 aliphatic carbocycles. The fraction of sp³-hybridized carbons (Fsp3) is 0.286. The van der Waals surface area contributed by atoms with E-state index in [9.17, 15) is 31.5 Å². The maximum atomic E-state index is 13.0. The van der Waals surface area contributed by atoms with Crippen LogP contribution in [0.15, 0.2) is 65.6 Å². The zero-order valence-electron chi connectivity index (χ0n) is 23.0. The third-order valence-corrected chi connectivity index (χ3v) is 7.94. The molecule has 10 nitrogen and oxygen atoms in total. The summed E-state index contributed by atoms with van der Waals surface area (Å²) in [6.07, 6.45) is -5.08. The molecule has 0 spiro atoms. The number of hydrogen-bond donors (Lipinski definition) is 3. The number of ether oxygens (including phenoxy) is 1. The number of rotatable bonds is 7. The Morgan fingerprint density at radius 1 is 0.857 bits per heavy atom. The average Bonchev–Trinajstić information content (AvgIpc) is 2.94. The maximum Gasteiger partial charge on any atom is 0.490 e. The van der Waals surface area contributed by atoms with E-state index in [1.165, 1.54) is 12.1 Å². The highest BCUT2D eigenvalue weighted by Gasteiger charge is 2.38. The van der Waals surface area contributed by atoms with E-state index in [2.05, 4.69) is 14.5 Å². The van der Waals surface area contributed by atoms with Crippen LogP contribution < -0.4 is 19.3 Å². The van der Waals surface area contributed by atoms with E-state index in [1.807, 2.05) is 37.3 Å². The van der Waals surface area contributed by atoms with Crippen molar-refractivity contribution in [2.24, 2.45) is 0 Å². The Hall–Kier alpha value is -4.46. The number of piperazine rings is 1. The Balaban J connectivity index is 0.000000616. The van der Waals surface area contributed by atoms with E-state index >= 15 is 0 Å². The number of anilines is 3. The van der Waals surface area contributed by atoms with Crippen LogP contribution in [0.5, 0.6) is 5.75 Å². The first-order valence-electron chi connectivity index (χ1n) is 12.5. The summed E-state index contributed by atoms with van der Waals surface area (Å²) in [5.74, 6) is -3.14. The molecule has 3 N–H and O–H groups in total. The number of carbonyl (C=O) groups is 2. The average molecular weight is 610 g/mol. The van der Waals surface area contributed by atoms with Gasteiger partial charge in [-0.1, -0.05) is 12.1 Å². The molecular weight excluding hydrogens is 579 g/mol. The molecular formula is C28H30F3N3O7S. The van der Waals surface area contributed by atoms with Crippen molar-refractivity contribution in [1.29, 1.82) is 0 Å². The monoisotopic (exact) mass is 609 g/mol. The number of halogens is 3. The van der Waals surface area contributed by atoms with Crippen LogP contribution in [0.3, 0.4) is 0 Å². The lowest BCUT2D eigenvalue weighted by Gasteiger charge is -2.37. The fourth-order valence-corrected chi connectivity index (χ4v) is 5.62. The van der Waals surface area contributed by atoms with Gasteiger partial charge in [-0.25, -0.2) is 18.0 Å². The minimum absolute atomic E-state index is 0.0408. The van der Waals surface area contributed by atoms with Crippen molar-refractivity contribution in [3.05, 3.63) is 77.4 Å². The SMILES string of the molecule is COc1ccc(N2CCN(c3ccc(NS(=O)(=O)c4cc(C)ccc4C)c(C(=O)O)c3)CC2)cc1.O=C(O)C(F)(F)F. The van der Waals surface area contributed by atoms with E-state index in [-0.39, 0.29) is 16.1 Å². The number of aromatic carboxylic acids is 1. The van der Waals surface area contributed by atoms with Crippen molar-refractivity contribution in [3.8, 4) is 5.75 Å². The fourth-order valence-electron chi connectivity index (χ4n) is 4.21. The molecule has 3 aromatic carbocycles. The second-order valence-electron chi connectivity index (χ2n) is 9.38. The normalized spacial score (nSPS) is 13.6. The van der Waals surface area contributed by atoms with Gasteiger partial charge in [0, 0.05) is 37.6 Å². The minimum Gasteiger partial charge on any atom is -0.497 e. The van der Waals surface area contributed by atoms with Gasteiger partial charge in [0.2, 0.25) is 0 Å². The van der Waals surface area contributed by atoms with E-state index in [0.29, 0.717) is 18.7 Å². The van der Waals surface area contributed by atoms with Crippen LogP contribution in [0.4, 0.5) is 30.2 Å². The highest BCUT2D eigenvalue weighted by atomic mass is 32.2. The van der Waals surface area contributed by atoms with Crippen LogP contribution in [0.2, 0.25) is 0 Å². The lowest BCUT2D eigenvalue weighted by Crippen LogP contribution is -2.46. The molecule has 0 bridgehead atoms. The van der Waals surface area contributed by atoms with Crippen molar-refractivity contribution < 1.29 is 46.1 Å². The molecule has 1 heterocycles. The molecule has 0 radical (unpaired) electrons. The second kappa shape index (κ2) is 13.0. The zero-order chi connectivity index (χ0) is 31.2. The van der Waals surface area contributed by atoms with Crippen LogP contribution in [-0.4, -0.2) is 70.0 Å². The first-order valence-corrected chi connectivity index (χ1v) is 14.0. The largest absolute Gasteiger partial charge is 0.497 e. The van der Waals surface area contributed by atoms with Gasteiger partial charge in [-0.15, -0.1) is 0 Å². The number of carboxylic acids is 2. The van der Waals surface area contributed by atoms with Gasteiger partial charge in [0.05, 0.1) is 23.3 Å². The van der Waals surface area contributed by atoms with Crippen molar-refractivity contribution in [3.63, 3.8) is 0 Å². The number of hydrogen-bond acceptors (Lipinski definition) is 7. The Morgan fingerprint density at radius 3 is 1.88 bits per heavy atom. The molecule has 1 aliphatic heterocycles. The van der Waals surface area contributed by atoms with Crippen LogP contribution in [0.1, 0.15) is 21.5 Å². The molecule has 42 heavy (non-hydrogen) atoms. The summed E-state index contributed by atoms with van der Waals surface area (Å²) in [6.45, 7) is 6.48. The van der Waals surface area contributed by atoms with Gasteiger partial charge >= 0.3 is 18.1 Å². The van der Waals surface area contributed by atoms with Crippen molar-refractivity contribution >= 4 is 39.0 Å². The number of methoxy groups -OCH3 is 1. The Kier molecular flexibility index (Phi) is 9.94. The van der Waals surface area contributed by atoms with Gasteiger partial charge < -0.3 is 24.7 Å². The number of nitrogens with zero attached hydrogens (tertiary/aromatic N) is 2. The second-order valence-corrected chi connectivity index (χ2v) is 11.0. The Labute approximate surface area is 241 Å². The molecule has 1 aliphatic rings. The third kappa shape index (κ3) is 8.06. The van der Waals surface area contributed by atoms with Gasteiger partial charge in [0.25, 0.3) is 10.0 Å². The van der Waals surface area contributed by atoms with Crippen LogP contribution in [-0.2, 0) is 14.8 Å². The predicted octanol–water partition coefficient (Wildman–Crippen LogP) is 4.77. The third-order valence-electron chi connectivity index (χ3n) is 6.44. The minimum atomic E-state index is -5.08. The topological polar surface area (TPSA) is 136 Å². The van der Waals surface area contributed by atoms with E-state index in [0.717, 1.165) is 35.8 Å². The quantitative estimate of drug-likeness (QED) is 0.346. The molecule has 0 aromatic heterocycles. The molecule has 0 saturated carbocycles. The van der Waals surface area contributed by atoms with Crippen molar-refractivity contribution in [1.82, 2.24) is 0 Å². The summed E-state index contributed by atoms with van der Waals surface area (Å²) in [4.78, 5) is 25.4. The maximum absolute atomic E-state index is 13.0. The molecule has 1 saturated heterocycles. The highest BCUT2D eigenvalue weighted by molar-refractivity contribution is 7.92. The Bertz CT molecular complexity index is 1540. The summed E-state index contributed by atoms with van der Waals surface area (Å²) in [6, 6.07) is 17.9. The smallest absolute Gasteiger partial charge is 0.490 e. The predicted molar refractivity (Wildman–Crippen MR) is 151 cm³/mol. The number of nitrogens with one attached hydrogen (secondary N) is 1. The van der Waals surface area contributed by atoms with E-state index in [4.69, 9.17) is 14.6 Å². The standard InChI is InChI=1S/C26H29N3O5S.C2HF3O2/c1-18-4-5-19(2)25(16-18)35(32,33)27-24-11-8-21(17-23(24)26(30)31)29-14-12-28(13-15-29)20-6-9-22(34-3)10-7-20;3-2(4,5)1(6)7/h4-11,16-17,27H,12-15H2,1-3H3,(H,30,31);(H,6,7). The van der Waals surface area contributed by atoms with Gasteiger partial charge in [-0.05, 0) is 73.5 Å². The number of benzene rings is 3. The van der Waals surface area contributed by atoms with Gasteiger partial charge in [0.1, 0.15) is 5.75 Å². The molecule has 14 heteroatoms. The molecule has 4 rings (SSSR count). The summed E-state index contributed by atoms with van der Waals surface area (Å²) in [5, 5.41) is 16.9. The summed E-state index contributed by atoms with van der Waals surface area (Å²) in [5.41, 5.74) is 3.19. The van der Waals surface area contributed by atoms with Gasteiger partial charge in [-0.2, -0.15) is 13.2 Å². The molecule has 0 unspecified atom stereocenters. The number of aliphatic carboxylic acids is 1. The Morgan fingerprint density at radius 2 is 1.38 bits per heavy atom. The zero-order valence-corrected chi connectivity index (χ0v) is 23.8. The van der Waals surface area contributed by atoms with Gasteiger partial charge in [-0.3, -0.25) is 4.72 Å². The van der Waals surface area contributed by atoms with E-state index in [1.54, 1.807) is 32.2 Å². The van der Waals surface area contributed by atoms with Crippen LogP contribution in [0, 0.1) is 13.8 Å². The van der Waals surface area contributed by atoms with E-state index < -0.39 is 28.1 Å². The van der Waals surface area contributed by atoms with Crippen LogP contribution >= 0.6 is 0 Å². The lowest BCUT2D eigenvalue weighted by atomic mass is 10.1. The number of carboxylic acid groups (broad SMARTS) is 2. The summed E-state index contributed by atoms with van der Waals surface area (Å²) in [7, 11) is -2.31. The van der Waals surface area contributed by atoms with Gasteiger partial charge in [0.15, 0.2) is 0 Å². The number of aryl methyl sites for hydroxylation is 2. The van der Waals surface area contributed by atoms with Crippen LogP contribution in [0.25, 0.3) is 0 Å². The summed E-state index contributed by atoms with van der Waals surface area (Å²) >= 11 is 0. The first-order chi connectivity index (χ1) is 19.6. The number of sulfonamides is 1.